The monoisotopic (exact) mass is 324 g/mol. The molecule has 0 amide bonds. The lowest BCUT2D eigenvalue weighted by atomic mass is 10.0. The smallest absolute Gasteiger partial charge is 0.342 e. The zero-order valence-electron chi connectivity index (χ0n) is 10.8. The van der Waals surface area contributed by atoms with E-state index < -0.39 is 11.7 Å². The van der Waals surface area contributed by atoms with Crippen LogP contribution in [0.4, 0.5) is 13.2 Å². The molecule has 0 N–H and O–H groups in total. The van der Waals surface area contributed by atoms with Crippen molar-refractivity contribution in [2.45, 2.75) is 6.18 Å². The highest BCUT2D eigenvalue weighted by molar-refractivity contribution is 7.17. The second kappa shape index (κ2) is 5.38. The van der Waals surface area contributed by atoms with Gasteiger partial charge in [0.15, 0.2) is 6.29 Å². The third kappa shape index (κ3) is 2.64. The van der Waals surface area contributed by atoms with Gasteiger partial charge in [-0.3, -0.25) is 4.79 Å². The van der Waals surface area contributed by atoms with Gasteiger partial charge in [-0.2, -0.15) is 18.2 Å². The zero-order valence-corrected chi connectivity index (χ0v) is 11.6. The molecule has 0 aliphatic heterocycles. The maximum atomic E-state index is 12.6. The first-order valence-corrected chi connectivity index (χ1v) is 6.84. The van der Waals surface area contributed by atoms with Gasteiger partial charge in [0.2, 0.25) is 12.2 Å². The minimum absolute atomic E-state index is 0.325. The lowest BCUT2D eigenvalue weighted by Crippen LogP contribution is -2.03. The number of rotatable bonds is 3. The molecule has 0 aliphatic carbocycles. The summed E-state index contributed by atoms with van der Waals surface area (Å²) in [5, 5.41) is 3.67. The average Bonchev–Trinajstić information content (AvgIpc) is 3.15. The third-order valence-corrected chi connectivity index (χ3v) is 4.03. The third-order valence-electron chi connectivity index (χ3n) is 2.97. The molecule has 22 heavy (non-hydrogen) atoms. The van der Waals surface area contributed by atoms with Crippen molar-refractivity contribution in [2.75, 3.05) is 0 Å². The molecule has 0 atom stereocenters. The molecule has 0 radical (unpaired) electrons. The fourth-order valence-electron chi connectivity index (χ4n) is 1.95. The van der Waals surface area contributed by atoms with Gasteiger partial charge in [-0.25, -0.2) is 0 Å². The van der Waals surface area contributed by atoms with Crippen LogP contribution in [0.25, 0.3) is 21.8 Å². The number of aldehydes is 1. The summed E-state index contributed by atoms with van der Waals surface area (Å²) in [5.74, 6) is 0.325. The van der Waals surface area contributed by atoms with Crippen LogP contribution in [-0.4, -0.2) is 16.4 Å². The molecule has 8 heteroatoms. The minimum atomic E-state index is -4.39. The molecule has 4 nitrogen and oxygen atoms in total. The number of hydrogen-bond acceptors (Lipinski definition) is 5. The van der Waals surface area contributed by atoms with Gasteiger partial charge in [0, 0.05) is 5.56 Å². The molecule has 0 saturated carbocycles. The van der Waals surface area contributed by atoms with Gasteiger partial charge < -0.3 is 4.52 Å². The van der Waals surface area contributed by atoms with Gasteiger partial charge >= 0.3 is 6.18 Å². The maximum Gasteiger partial charge on any atom is 0.416 e. The standard InChI is InChI=1S/C14H7F3N2O2S/c15-14(16,17)9-3-1-8(2-4-9)10-5-11(22-12(10)6-20)13-18-7-21-19-13/h1-7H. The van der Waals surface area contributed by atoms with Gasteiger partial charge in [-0.05, 0) is 23.8 Å². The van der Waals surface area contributed by atoms with E-state index in [1.54, 1.807) is 6.07 Å². The Kier molecular flexibility index (Phi) is 3.53. The maximum absolute atomic E-state index is 12.6. The summed E-state index contributed by atoms with van der Waals surface area (Å²) >= 11 is 1.15. The van der Waals surface area contributed by atoms with E-state index in [1.165, 1.54) is 12.1 Å². The van der Waals surface area contributed by atoms with Gasteiger partial charge in [0.1, 0.15) is 0 Å². The Morgan fingerprint density at radius 2 is 1.91 bits per heavy atom. The molecular formula is C14H7F3N2O2S. The molecule has 2 aromatic heterocycles. The summed E-state index contributed by atoms with van der Waals surface area (Å²) in [6, 6.07) is 6.28. The summed E-state index contributed by atoms with van der Waals surface area (Å²) in [6.45, 7) is 0. The van der Waals surface area contributed by atoms with Crippen LogP contribution in [0.1, 0.15) is 15.2 Å². The SMILES string of the molecule is O=Cc1sc(-c2ncon2)cc1-c1ccc(C(F)(F)F)cc1. The van der Waals surface area contributed by atoms with E-state index in [9.17, 15) is 18.0 Å². The Morgan fingerprint density at radius 3 is 2.45 bits per heavy atom. The van der Waals surface area contributed by atoms with Crippen molar-refractivity contribution in [1.29, 1.82) is 0 Å². The molecule has 0 unspecified atom stereocenters. The molecule has 3 rings (SSSR count). The van der Waals surface area contributed by atoms with Crippen molar-refractivity contribution in [3.63, 3.8) is 0 Å². The summed E-state index contributed by atoms with van der Waals surface area (Å²) in [4.78, 5) is 16.1. The number of thiophene rings is 1. The van der Waals surface area contributed by atoms with Crippen LogP contribution in [0.2, 0.25) is 0 Å². The first-order chi connectivity index (χ1) is 10.5. The predicted molar refractivity (Wildman–Crippen MR) is 73.4 cm³/mol. The number of benzene rings is 1. The van der Waals surface area contributed by atoms with Gasteiger partial charge in [0.25, 0.3) is 0 Å². The molecule has 0 bridgehead atoms. The lowest BCUT2D eigenvalue weighted by molar-refractivity contribution is -0.137. The topological polar surface area (TPSA) is 56.0 Å². The van der Waals surface area contributed by atoms with Crippen LogP contribution in [0.15, 0.2) is 41.2 Å². The Bertz CT molecular complexity index is 793. The van der Waals surface area contributed by atoms with E-state index in [0.717, 1.165) is 29.9 Å². The van der Waals surface area contributed by atoms with Crippen LogP contribution < -0.4 is 0 Å². The van der Waals surface area contributed by atoms with E-state index in [4.69, 9.17) is 0 Å². The average molecular weight is 324 g/mol. The van der Waals surface area contributed by atoms with Crippen LogP contribution in [0.3, 0.4) is 0 Å². The summed E-state index contributed by atoms with van der Waals surface area (Å²) in [7, 11) is 0. The van der Waals surface area contributed by atoms with Crippen molar-refractivity contribution < 1.29 is 22.5 Å². The molecule has 1 aromatic carbocycles. The molecule has 112 valence electrons. The highest BCUT2D eigenvalue weighted by Crippen LogP contribution is 2.36. The Balaban J connectivity index is 2.02. The zero-order chi connectivity index (χ0) is 15.7. The number of aromatic nitrogens is 2. The van der Waals surface area contributed by atoms with Crippen LogP contribution in [-0.2, 0) is 6.18 Å². The van der Waals surface area contributed by atoms with Crippen molar-refractivity contribution >= 4 is 17.6 Å². The number of carbonyl (C=O) groups excluding carboxylic acids is 1. The Labute approximate surface area is 126 Å². The van der Waals surface area contributed by atoms with E-state index >= 15 is 0 Å². The number of carbonyl (C=O) groups is 1. The first-order valence-electron chi connectivity index (χ1n) is 6.02. The van der Waals surface area contributed by atoms with Crippen molar-refractivity contribution in [3.8, 4) is 21.8 Å². The Hall–Kier alpha value is -2.48. The lowest BCUT2D eigenvalue weighted by Gasteiger charge is -2.07. The van der Waals surface area contributed by atoms with Crippen molar-refractivity contribution in [3.05, 3.63) is 47.2 Å². The van der Waals surface area contributed by atoms with Crippen molar-refractivity contribution in [2.24, 2.45) is 0 Å². The second-order valence-corrected chi connectivity index (χ2v) is 5.42. The molecule has 3 aromatic rings. The largest absolute Gasteiger partial charge is 0.416 e. The van der Waals surface area contributed by atoms with Crippen LogP contribution in [0.5, 0.6) is 0 Å². The molecule has 2 heterocycles. The fraction of sp³-hybridized carbons (Fsp3) is 0.0714. The van der Waals surface area contributed by atoms with Gasteiger partial charge in [-0.1, -0.05) is 17.3 Å². The molecule has 0 fully saturated rings. The highest BCUT2D eigenvalue weighted by Gasteiger charge is 2.30. The fourth-order valence-corrected chi connectivity index (χ4v) is 2.88. The van der Waals surface area contributed by atoms with Crippen molar-refractivity contribution in [1.82, 2.24) is 10.1 Å². The number of nitrogens with zero attached hydrogens (tertiary/aromatic N) is 2. The molecule has 0 aliphatic rings. The number of halogens is 3. The summed E-state index contributed by atoms with van der Waals surface area (Å²) < 4.78 is 42.4. The van der Waals surface area contributed by atoms with E-state index in [-0.39, 0.29) is 0 Å². The van der Waals surface area contributed by atoms with Crippen LogP contribution >= 0.6 is 11.3 Å². The minimum Gasteiger partial charge on any atom is -0.342 e. The van der Waals surface area contributed by atoms with Gasteiger partial charge in [-0.15, -0.1) is 11.3 Å². The molecule has 0 saturated heterocycles. The number of alkyl halides is 3. The van der Waals surface area contributed by atoms with E-state index in [0.29, 0.717) is 33.0 Å². The predicted octanol–water partition coefficient (Wildman–Crippen LogP) is 4.30. The normalized spacial score (nSPS) is 11.6. The molecule has 0 spiro atoms. The van der Waals surface area contributed by atoms with Crippen LogP contribution in [0, 0.1) is 0 Å². The Morgan fingerprint density at radius 1 is 1.18 bits per heavy atom. The molecular weight excluding hydrogens is 317 g/mol. The first kappa shape index (κ1) is 14.5. The van der Waals surface area contributed by atoms with E-state index in [1.807, 2.05) is 0 Å². The quantitative estimate of drug-likeness (QED) is 0.674. The summed E-state index contributed by atoms with van der Waals surface area (Å²) in [5.41, 5.74) is 0.312. The van der Waals surface area contributed by atoms with E-state index in [2.05, 4.69) is 14.7 Å². The van der Waals surface area contributed by atoms with Gasteiger partial charge in [0.05, 0.1) is 15.3 Å². The number of hydrogen-bond donors (Lipinski definition) is 0. The highest BCUT2D eigenvalue weighted by atomic mass is 32.1. The second-order valence-electron chi connectivity index (χ2n) is 4.34. The summed E-state index contributed by atoms with van der Waals surface area (Å²) in [6.07, 6.45) is -2.58.